The number of likely N-dealkylation sites (tertiary alicyclic amines) is 2. The fourth-order valence-corrected chi connectivity index (χ4v) is 3.47. The molecule has 2 fully saturated rings. The third-order valence-electron chi connectivity index (χ3n) is 4.57. The fraction of sp³-hybridized carbons (Fsp3) is 0.882. The minimum atomic E-state index is -0.0371. The fourth-order valence-electron chi connectivity index (χ4n) is 3.47. The molecule has 0 aliphatic carbocycles. The SMILES string of the molecule is CC(=O)N1CCC(NC2CCCN(CC(C)(C)C)C2=O)CC1. The number of piperidine rings is 2. The summed E-state index contributed by atoms with van der Waals surface area (Å²) in [6, 6.07) is 0.323. The Bertz CT molecular complexity index is 409. The molecule has 0 aromatic rings. The normalized spacial score (nSPS) is 24.7. The number of hydrogen-bond acceptors (Lipinski definition) is 3. The van der Waals surface area contributed by atoms with Crippen LogP contribution in [0.2, 0.25) is 0 Å². The summed E-state index contributed by atoms with van der Waals surface area (Å²) in [6.45, 7) is 11.5. The van der Waals surface area contributed by atoms with Crippen LogP contribution in [0.25, 0.3) is 0 Å². The molecule has 22 heavy (non-hydrogen) atoms. The van der Waals surface area contributed by atoms with Crippen molar-refractivity contribution in [2.24, 2.45) is 5.41 Å². The highest BCUT2D eigenvalue weighted by Crippen LogP contribution is 2.21. The zero-order valence-electron chi connectivity index (χ0n) is 14.5. The van der Waals surface area contributed by atoms with Gasteiger partial charge in [0, 0.05) is 39.1 Å². The quantitative estimate of drug-likeness (QED) is 0.862. The number of nitrogens with zero attached hydrogens (tertiary/aromatic N) is 2. The Balaban J connectivity index is 1.85. The summed E-state index contributed by atoms with van der Waals surface area (Å²) in [6.07, 6.45) is 3.91. The standard InChI is InChI=1S/C17H31N3O2/c1-13(21)19-10-7-14(8-11-19)18-15-6-5-9-20(16(15)22)12-17(2,3)4/h14-15,18H,5-12H2,1-4H3. The van der Waals surface area contributed by atoms with E-state index in [4.69, 9.17) is 0 Å². The minimum absolute atomic E-state index is 0.0371. The highest BCUT2D eigenvalue weighted by Gasteiger charge is 2.33. The van der Waals surface area contributed by atoms with Crippen LogP contribution in [0.1, 0.15) is 53.4 Å². The van der Waals surface area contributed by atoms with E-state index in [-0.39, 0.29) is 23.3 Å². The summed E-state index contributed by atoms with van der Waals surface area (Å²) in [5, 5.41) is 3.55. The zero-order chi connectivity index (χ0) is 16.3. The number of carbonyl (C=O) groups excluding carboxylic acids is 2. The Morgan fingerprint density at radius 3 is 2.36 bits per heavy atom. The van der Waals surface area contributed by atoms with E-state index in [1.807, 2.05) is 9.80 Å². The van der Waals surface area contributed by atoms with Crippen LogP contribution in [-0.4, -0.2) is 59.9 Å². The molecule has 5 nitrogen and oxygen atoms in total. The lowest BCUT2D eigenvalue weighted by atomic mass is 9.93. The maximum absolute atomic E-state index is 12.6. The Kier molecular flexibility index (Phi) is 5.48. The molecule has 0 aromatic carbocycles. The van der Waals surface area contributed by atoms with E-state index in [9.17, 15) is 9.59 Å². The van der Waals surface area contributed by atoms with Crippen molar-refractivity contribution in [2.75, 3.05) is 26.2 Å². The second-order valence-corrected chi connectivity index (χ2v) is 7.96. The number of hydrogen-bond donors (Lipinski definition) is 1. The maximum atomic E-state index is 12.6. The Morgan fingerprint density at radius 1 is 1.18 bits per heavy atom. The molecule has 1 N–H and O–H groups in total. The van der Waals surface area contributed by atoms with Crippen LogP contribution in [0, 0.1) is 5.41 Å². The monoisotopic (exact) mass is 309 g/mol. The predicted octanol–water partition coefficient (Wildman–Crippen LogP) is 1.62. The van der Waals surface area contributed by atoms with E-state index in [0.717, 1.165) is 51.9 Å². The highest BCUT2D eigenvalue weighted by molar-refractivity contribution is 5.82. The molecule has 2 aliphatic rings. The molecular formula is C17H31N3O2. The first-order valence-electron chi connectivity index (χ1n) is 8.56. The van der Waals surface area contributed by atoms with Gasteiger partial charge in [0.1, 0.15) is 0 Å². The van der Waals surface area contributed by atoms with Gasteiger partial charge in [0.2, 0.25) is 11.8 Å². The van der Waals surface area contributed by atoms with Gasteiger partial charge in [0.25, 0.3) is 0 Å². The maximum Gasteiger partial charge on any atom is 0.239 e. The van der Waals surface area contributed by atoms with Crippen molar-refractivity contribution in [1.82, 2.24) is 15.1 Å². The summed E-state index contributed by atoms with van der Waals surface area (Å²) < 4.78 is 0. The van der Waals surface area contributed by atoms with Gasteiger partial charge in [-0.1, -0.05) is 20.8 Å². The molecule has 2 saturated heterocycles. The molecule has 0 bridgehead atoms. The molecule has 0 spiro atoms. The Hall–Kier alpha value is -1.10. The molecule has 2 amide bonds. The van der Waals surface area contributed by atoms with E-state index < -0.39 is 0 Å². The average Bonchev–Trinajstić information content (AvgIpc) is 2.42. The second-order valence-electron chi connectivity index (χ2n) is 7.96. The van der Waals surface area contributed by atoms with E-state index in [1.165, 1.54) is 0 Å². The van der Waals surface area contributed by atoms with Gasteiger partial charge in [-0.3, -0.25) is 9.59 Å². The Morgan fingerprint density at radius 2 is 1.82 bits per heavy atom. The summed E-state index contributed by atoms with van der Waals surface area (Å²) in [5.41, 5.74) is 0.143. The summed E-state index contributed by atoms with van der Waals surface area (Å²) >= 11 is 0. The first-order chi connectivity index (χ1) is 10.3. The van der Waals surface area contributed by atoms with Crippen molar-refractivity contribution in [3.8, 4) is 0 Å². The molecule has 2 rings (SSSR count). The molecular weight excluding hydrogens is 278 g/mol. The Labute approximate surface area is 134 Å². The first kappa shape index (κ1) is 17.3. The second kappa shape index (κ2) is 6.99. The average molecular weight is 309 g/mol. The van der Waals surface area contributed by atoms with Crippen LogP contribution >= 0.6 is 0 Å². The van der Waals surface area contributed by atoms with E-state index in [1.54, 1.807) is 6.92 Å². The third kappa shape index (κ3) is 4.70. The van der Waals surface area contributed by atoms with Crippen LogP contribution in [0.3, 0.4) is 0 Å². The molecule has 0 aromatic heterocycles. The lowest BCUT2D eigenvalue weighted by molar-refractivity contribution is -0.138. The van der Waals surface area contributed by atoms with Gasteiger partial charge >= 0.3 is 0 Å². The van der Waals surface area contributed by atoms with Gasteiger partial charge in [-0.15, -0.1) is 0 Å². The van der Waals surface area contributed by atoms with Crippen LogP contribution in [0.4, 0.5) is 0 Å². The van der Waals surface area contributed by atoms with Crippen molar-refractivity contribution in [3.05, 3.63) is 0 Å². The number of rotatable bonds is 3. The summed E-state index contributed by atoms with van der Waals surface area (Å²) in [7, 11) is 0. The first-order valence-corrected chi connectivity index (χ1v) is 8.56. The van der Waals surface area contributed by atoms with Crippen molar-refractivity contribution in [2.45, 2.75) is 65.5 Å². The van der Waals surface area contributed by atoms with Crippen molar-refractivity contribution in [1.29, 1.82) is 0 Å². The van der Waals surface area contributed by atoms with Crippen LogP contribution in [0.15, 0.2) is 0 Å². The van der Waals surface area contributed by atoms with Gasteiger partial charge in [0.05, 0.1) is 6.04 Å². The topological polar surface area (TPSA) is 52.7 Å². The van der Waals surface area contributed by atoms with Crippen molar-refractivity contribution < 1.29 is 9.59 Å². The van der Waals surface area contributed by atoms with Crippen LogP contribution < -0.4 is 5.32 Å². The van der Waals surface area contributed by atoms with E-state index in [0.29, 0.717) is 6.04 Å². The highest BCUT2D eigenvalue weighted by atomic mass is 16.2. The zero-order valence-corrected chi connectivity index (χ0v) is 14.5. The number of nitrogens with one attached hydrogen (secondary N) is 1. The minimum Gasteiger partial charge on any atom is -0.343 e. The van der Waals surface area contributed by atoms with Gasteiger partial charge < -0.3 is 15.1 Å². The molecule has 1 atom stereocenters. The molecule has 2 aliphatic heterocycles. The molecule has 0 saturated carbocycles. The van der Waals surface area contributed by atoms with Crippen LogP contribution in [-0.2, 0) is 9.59 Å². The summed E-state index contributed by atoms with van der Waals surface area (Å²) in [5.74, 6) is 0.415. The predicted molar refractivity (Wildman–Crippen MR) is 87.5 cm³/mol. The van der Waals surface area contributed by atoms with E-state index in [2.05, 4.69) is 26.1 Å². The third-order valence-corrected chi connectivity index (χ3v) is 4.57. The van der Waals surface area contributed by atoms with Gasteiger partial charge in [-0.25, -0.2) is 0 Å². The van der Waals surface area contributed by atoms with Crippen molar-refractivity contribution >= 4 is 11.8 Å². The number of carbonyl (C=O) groups is 2. The smallest absolute Gasteiger partial charge is 0.239 e. The summed E-state index contributed by atoms with van der Waals surface area (Å²) in [4.78, 5) is 27.9. The van der Waals surface area contributed by atoms with Gasteiger partial charge in [-0.2, -0.15) is 0 Å². The lowest BCUT2D eigenvalue weighted by Gasteiger charge is -2.39. The lowest BCUT2D eigenvalue weighted by Crippen LogP contribution is -2.56. The molecule has 1 unspecified atom stereocenters. The van der Waals surface area contributed by atoms with Crippen LogP contribution in [0.5, 0.6) is 0 Å². The van der Waals surface area contributed by atoms with Crippen molar-refractivity contribution in [3.63, 3.8) is 0 Å². The number of amides is 2. The van der Waals surface area contributed by atoms with E-state index >= 15 is 0 Å². The molecule has 126 valence electrons. The largest absolute Gasteiger partial charge is 0.343 e. The van der Waals surface area contributed by atoms with Gasteiger partial charge in [0.15, 0.2) is 0 Å². The molecule has 0 radical (unpaired) electrons. The van der Waals surface area contributed by atoms with Gasteiger partial charge in [-0.05, 0) is 31.1 Å². The molecule has 5 heteroatoms. The molecule has 2 heterocycles.